The van der Waals surface area contributed by atoms with Gasteiger partial charge >= 0.3 is 0 Å². The average molecular weight is 396 g/mol. The third kappa shape index (κ3) is 4.34. The molecule has 1 fully saturated rings. The van der Waals surface area contributed by atoms with Crippen LogP contribution in [0.4, 0.5) is 0 Å². The molecule has 154 valence electrons. The first kappa shape index (κ1) is 19.6. The normalized spacial score (nSPS) is 19.5. The molecule has 1 N–H and O–H groups in total. The zero-order valence-corrected chi connectivity index (χ0v) is 17.1. The number of nitrogens with one attached hydrogen (secondary N) is 1. The van der Waals surface area contributed by atoms with Crippen LogP contribution in [0.5, 0.6) is 11.5 Å². The molecular formula is C22H28N4O3. The number of methoxy groups -OCH3 is 1. The predicted molar refractivity (Wildman–Crippen MR) is 109 cm³/mol. The predicted octanol–water partition coefficient (Wildman–Crippen LogP) is 2.65. The molecule has 29 heavy (non-hydrogen) atoms. The van der Waals surface area contributed by atoms with E-state index >= 15 is 0 Å². The Morgan fingerprint density at radius 1 is 1.38 bits per heavy atom. The van der Waals surface area contributed by atoms with Crippen LogP contribution in [0.25, 0.3) is 0 Å². The summed E-state index contributed by atoms with van der Waals surface area (Å²) < 4.78 is 11.2. The summed E-state index contributed by atoms with van der Waals surface area (Å²) in [6.07, 6.45) is 4.97. The molecule has 2 aliphatic rings. The second-order valence-electron chi connectivity index (χ2n) is 7.55. The number of benzene rings is 1. The number of hydrogen-bond acceptors (Lipinski definition) is 6. The van der Waals surface area contributed by atoms with Crippen molar-refractivity contribution in [2.24, 2.45) is 0 Å². The zero-order chi connectivity index (χ0) is 20.2. The van der Waals surface area contributed by atoms with Gasteiger partial charge < -0.3 is 19.7 Å². The highest BCUT2D eigenvalue weighted by Crippen LogP contribution is 2.25. The minimum atomic E-state index is -0.522. The molecule has 0 saturated carbocycles. The second-order valence-corrected chi connectivity index (χ2v) is 7.55. The molecule has 2 aliphatic heterocycles. The minimum absolute atomic E-state index is 0.00232. The minimum Gasteiger partial charge on any atom is -0.497 e. The molecule has 1 amide bonds. The van der Waals surface area contributed by atoms with Crippen molar-refractivity contribution in [2.45, 2.75) is 51.3 Å². The molecule has 1 saturated heterocycles. The summed E-state index contributed by atoms with van der Waals surface area (Å²) in [5.41, 5.74) is 2.09. The second kappa shape index (κ2) is 8.78. The summed E-state index contributed by atoms with van der Waals surface area (Å²) in [7, 11) is 1.61. The molecule has 2 atom stereocenters. The Labute approximate surface area is 171 Å². The van der Waals surface area contributed by atoms with Gasteiger partial charge in [-0.1, -0.05) is 13.0 Å². The number of carbonyl (C=O) groups is 1. The molecule has 2 aromatic rings. The van der Waals surface area contributed by atoms with Gasteiger partial charge in [-0.2, -0.15) is 0 Å². The van der Waals surface area contributed by atoms with Crippen LogP contribution in [0.2, 0.25) is 0 Å². The van der Waals surface area contributed by atoms with Gasteiger partial charge in [0.15, 0.2) is 6.10 Å². The Balaban J connectivity index is 1.43. The van der Waals surface area contributed by atoms with E-state index in [9.17, 15) is 4.79 Å². The number of fused-ring (bicyclic) bond motifs is 1. The van der Waals surface area contributed by atoms with Crippen molar-refractivity contribution < 1.29 is 14.3 Å². The van der Waals surface area contributed by atoms with Gasteiger partial charge in [-0.15, -0.1) is 0 Å². The molecule has 0 bridgehead atoms. The van der Waals surface area contributed by atoms with Crippen LogP contribution in [0.3, 0.4) is 0 Å². The van der Waals surface area contributed by atoms with Gasteiger partial charge in [-0.3, -0.25) is 4.79 Å². The van der Waals surface area contributed by atoms with Crippen LogP contribution >= 0.6 is 0 Å². The average Bonchev–Trinajstić information content (AvgIpc) is 3.31. The first-order chi connectivity index (χ1) is 14.2. The lowest BCUT2D eigenvalue weighted by atomic mass is 10.1. The van der Waals surface area contributed by atoms with Gasteiger partial charge in [0, 0.05) is 37.3 Å². The van der Waals surface area contributed by atoms with Crippen LogP contribution in [0.1, 0.15) is 49.3 Å². The van der Waals surface area contributed by atoms with Gasteiger partial charge in [0.25, 0.3) is 5.91 Å². The molecule has 3 heterocycles. The summed E-state index contributed by atoms with van der Waals surface area (Å²) in [6, 6.07) is 7.62. The standard InChI is InChI=1S/C22H28N4O3/c1-3-20(29-17-7-4-6-16(12-17)28-2)22(27)26-11-9-18-15(14-26)13-24-21(25-18)19-8-5-10-23-19/h4,6-7,12-13,19-20,23H,3,5,8-11,14H2,1-2H3/t19-,20-/m1/s1. The largest absolute Gasteiger partial charge is 0.497 e. The molecule has 0 unspecified atom stereocenters. The Morgan fingerprint density at radius 2 is 2.24 bits per heavy atom. The Bertz CT molecular complexity index is 867. The lowest BCUT2D eigenvalue weighted by molar-refractivity contribution is -0.139. The van der Waals surface area contributed by atoms with Crippen molar-refractivity contribution in [3.63, 3.8) is 0 Å². The lowest BCUT2D eigenvalue weighted by Gasteiger charge is -2.31. The summed E-state index contributed by atoms with van der Waals surface area (Å²) >= 11 is 0. The Morgan fingerprint density at radius 3 is 3.00 bits per heavy atom. The van der Waals surface area contributed by atoms with Gasteiger partial charge in [0.2, 0.25) is 0 Å². The third-order valence-corrected chi connectivity index (χ3v) is 5.60. The molecule has 7 nitrogen and oxygen atoms in total. The SMILES string of the molecule is CC[C@@H](Oc1cccc(OC)c1)C(=O)N1CCc2nc([C@H]3CCCN3)ncc2C1. The van der Waals surface area contributed by atoms with Gasteiger partial charge in [-0.25, -0.2) is 9.97 Å². The first-order valence-electron chi connectivity index (χ1n) is 10.4. The Kier molecular flexibility index (Phi) is 5.94. The fourth-order valence-corrected chi connectivity index (χ4v) is 3.94. The zero-order valence-electron chi connectivity index (χ0n) is 17.1. The quantitative estimate of drug-likeness (QED) is 0.809. The van der Waals surface area contributed by atoms with Crippen LogP contribution < -0.4 is 14.8 Å². The van der Waals surface area contributed by atoms with Crippen LogP contribution in [-0.4, -0.2) is 47.1 Å². The van der Waals surface area contributed by atoms with Crippen molar-refractivity contribution in [1.29, 1.82) is 0 Å². The highest BCUT2D eigenvalue weighted by molar-refractivity contribution is 5.81. The van der Waals surface area contributed by atoms with Crippen molar-refractivity contribution in [3.05, 3.63) is 47.5 Å². The van der Waals surface area contributed by atoms with Crippen molar-refractivity contribution in [3.8, 4) is 11.5 Å². The van der Waals surface area contributed by atoms with E-state index in [1.54, 1.807) is 13.2 Å². The molecule has 0 radical (unpaired) electrons. The molecule has 1 aromatic carbocycles. The maximum absolute atomic E-state index is 13.1. The van der Waals surface area contributed by atoms with Crippen LogP contribution in [-0.2, 0) is 17.8 Å². The highest BCUT2D eigenvalue weighted by atomic mass is 16.5. The number of carbonyl (C=O) groups excluding carboxylic acids is 1. The number of rotatable bonds is 6. The fraction of sp³-hybridized carbons (Fsp3) is 0.500. The van der Waals surface area contributed by atoms with E-state index in [-0.39, 0.29) is 11.9 Å². The highest BCUT2D eigenvalue weighted by Gasteiger charge is 2.29. The van der Waals surface area contributed by atoms with Crippen molar-refractivity contribution in [1.82, 2.24) is 20.2 Å². The number of amides is 1. The Hall–Kier alpha value is -2.67. The summed E-state index contributed by atoms with van der Waals surface area (Å²) in [4.78, 5) is 24.3. The van der Waals surface area contributed by atoms with E-state index in [4.69, 9.17) is 14.5 Å². The number of aromatic nitrogens is 2. The van der Waals surface area contributed by atoms with Crippen LogP contribution in [0.15, 0.2) is 30.5 Å². The molecule has 7 heteroatoms. The third-order valence-electron chi connectivity index (χ3n) is 5.60. The van der Waals surface area contributed by atoms with E-state index in [0.717, 1.165) is 36.5 Å². The van der Waals surface area contributed by atoms with Crippen molar-refractivity contribution >= 4 is 5.91 Å². The topological polar surface area (TPSA) is 76.6 Å². The monoisotopic (exact) mass is 396 g/mol. The fourth-order valence-electron chi connectivity index (χ4n) is 3.94. The van der Waals surface area contributed by atoms with Gasteiger partial charge in [0.1, 0.15) is 17.3 Å². The first-order valence-corrected chi connectivity index (χ1v) is 10.4. The van der Waals surface area contributed by atoms with Crippen LogP contribution in [0, 0.1) is 0 Å². The molecular weight excluding hydrogens is 368 g/mol. The molecule has 0 aliphatic carbocycles. The number of nitrogens with zero attached hydrogens (tertiary/aromatic N) is 3. The smallest absolute Gasteiger partial charge is 0.263 e. The number of hydrogen-bond donors (Lipinski definition) is 1. The molecule has 4 rings (SSSR count). The van der Waals surface area contributed by atoms with E-state index in [1.165, 1.54) is 6.42 Å². The molecule has 1 aromatic heterocycles. The van der Waals surface area contributed by atoms with E-state index in [0.29, 0.717) is 31.0 Å². The van der Waals surface area contributed by atoms with Crippen molar-refractivity contribution in [2.75, 3.05) is 20.2 Å². The van der Waals surface area contributed by atoms with Gasteiger partial charge in [0.05, 0.1) is 18.8 Å². The maximum atomic E-state index is 13.1. The molecule has 0 spiro atoms. The van der Waals surface area contributed by atoms with E-state index in [2.05, 4.69) is 10.3 Å². The summed E-state index contributed by atoms with van der Waals surface area (Å²) in [5, 5.41) is 3.45. The van der Waals surface area contributed by atoms with Gasteiger partial charge in [-0.05, 0) is 37.9 Å². The number of ether oxygens (including phenoxy) is 2. The summed E-state index contributed by atoms with van der Waals surface area (Å²) in [6.45, 7) is 4.17. The van der Waals surface area contributed by atoms with E-state index in [1.807, 2.05) is 36.2 Å². The lowest BCUT2D eigenvalue weighted by Crippen LogP contribution is -2.44. The van der Waals surface area contributed by atoms with E-state index < -0.39 is 6.10 Å². The maximum Gasteiger partial charge on any atom is 0.263 e. The summed E-state index contributed by atoms with van der Waals surface area (Å²) in [5.74, 6) is 2.23.